The van der Waals surface area contributed by atoms with Gasteiger partial charge in [0.2, 0.25) is 12.3 Å². The van der Waals surface area contributed by atoms with Crippen LogP contribution in [-0.2, 0) is 14.3 Å². The van der Waals surface area contributed by atoms with Crippen LogP contribution in [0.15, 0.2) is 0 Å². The smallest absolute Gasteiger partial charge is 0.249 e. The van der Waals surface area contributed by atoms with Gasteiger partial charge in [-0.3, -0.25) is 9.59 Å². The third kappa shape index (κ3) is 2.18. The van der Waals surface area contributed by atoms with Crippen molar-refractivity contribution in [3.63, 3.8) is 0 Å². The summed E-state index contributed by atoms with van der Waals surface area (Å²) in [5.74, 6) is -0.489. The van der Waals surface area contributed by atoms with Gasteiger partial charge in [0.1, 0.15) is 5.60 Å². The highest BCUT2D eigenvalue weighted by Gasteiger charge is 2.35. The van der Waals surface area contributed by atoms with Crippen molar-refractivity contribution in [2.45, 2.75) is 25.6 Å². The van der Waals surface area contributed by atoms with E-state index in [0.29, 0.717) is 13.1 Å². The Morgan fingerprint density at radius 3 is 2.54 bits per heavy atom. The third-order valence-corrected chi connectivity index (χ3v) is 2.08. The molecule has 74 valence electrons. The van der Waals surface area contributed by atoms with Gasteiger partial charge in [-0.2, -0.15) is 0 Å². The van der Waals surface area contributed by atoms with Crippen LogP contribution in [0.4, 0.5) is 0 Å². The monoisotopic (exact) mass is 186 g/mol. The Bertz CT molecular complexity index is 221. The molecule has 0 saturated carbocycles. The molecule has 5 nitrogen and oxygen atoms in total. The van der Waals surface area contributed by atoms with Gasteiger partial charge in [0, 0.05) is 13.1 Å². The van der Waals surface area contributed by atoms with Crippen molar-refractivity contribution in [3.05, 3.63) is 0 Å². The number of carbonyl (C=O) groups excluding carboxylic acids is 2. The fourth-order valence-corrected chi connectivity index (χ4v) is 1.10. The summed E-state index contributed by atoms with van der Waals surface area (Å²) in [5.41, 5.74) is 4.17. The van der Waals surface area contributed by atoms with Crippen LogP contribution in [0.5, 0.6) is 0 Å². The molecule has 0 atom stereocenters. The molecule has 0 spiro atoms. The van der Waals surface area contributed by atoms with Crippen LogP contribution in [0.3, 0.4) is 0 Å². The Kier molecular flexibility index (Phi) is 2.56. The zero-order chi connectivity index (χ0) is 10.1. The topological polar surface area (TPSA) is 72.6 Å². The van der Waals surface area contributed by atoms with E-state index in [9.17, 15) is 9.59 Å². The Hall–Kier alpha value is -1.10. The second-order valence-corrected chi connectivity index (χ2v) is 3.67. The minimum Gasteiger partial charge on any atom is -0.367 e. The lowest BCUT2D eigenvalue weighted by atomic mass is 10.1. The van der Waals surface area contributed by atoms with E-state index in [-0.39, 0.29) is 6.10 Å². The van der Waals surface area contributed by atoms with Crippen LogP contribution in [0.25, 0.3) is 0 Å². The van der Waals surface area contributed by atoms with E-state index in [1.807, 2.05) is 0 Å². The van der Waals surface area contributed by atoms with Crippen LogP contribution in [0.2, 0.25) is 0 Å². The van der Waals surface area contributed by atoms with E-state index in [2.05, 4.69) is 0 Å². The maximum atomic E-state index is 10.9. The minimum atomic E-state index is -0.945. The van der Waals surface area contributed by atoms with Crippen molar-refractivity contribution in [3.8, 4) is 0 Å². The molecule has 1 saturated heterocycles. The Morgan fingerprint density at radius 2 is 2.15 bits per heavy atom. The predicted molar refractivity (Wildman–Crippen MR) is 45.8 cm³/mol. The zero-order valence-corrected chi connectivity index (χ0v) is 7.82. The van der Waals surface area contributed by atoms with E-state index in [1.165, 1.54) is 0 Å². The molecular weight excluding hydrogens is 172 g/mol. The summed E-state index contributed by atoms with van der Waals surface area (Å²) in [4.78, 5) is 22.6. The van der Waals surface area contributed by atoms with Crippen LogP contribution in [0, 0.1) is 0 Å². The number of rotatable bonds is 4. The summed E-state index contributed by atoms with van der Waals surface area (Å²) in [6, 6.07) is 0. The molecule has 1 aliphatic rings. The second-order valence-electron chi connectivity index (χ2n) is 3.67. The first-order chi connectivity index (χ1) is 5.95. The Balaban J connectivity index is 2.35. The highest BCUT2D eigenvalue weighted by atomic mass is 16.5. The van der Waals surface area contributed by atoms with Crippen LogP contribution in [-0.4, -0.2) is 42.0 Å². The average molecular weight is 186 g/mol. The van der Waals surface area contributed by atoms with Gasteiger partial charge in [0.15, 0.2) is 0 Å². The Morgan fingerprint density at radius 1 is 1.62 bits per heavy atom. The average Bonchev–Trinajstić information content (AvgIpc) is 1.95. The highest BCUT2D eigenvalue weighted by molar-refractivity contribution is 5.82. The Labute approximate surface area is 76.8 Å². The number of amides is 2. The molecule has 13 heavy (non-hydrogen) atoms. The van der Waals surface area contributed by atoms with Gasteiger partial charge in [-0.05, 0) is 13.8 Å². The molecule has 0 bridgehead atoms. The maximum absolute atomic E-state index is 10.9. The maximum Gasteiger partial charge on any atom is 0.249 e. The zero-order valence-electron chi connectivity index (χ0n) is 7.82. The number of nitrogens with two attached hydrogens (primary N) is 1. The quantitative estimate of drug-likeness (QED) is 0.579. The first-order valence-electron chi connectivity index (χ1n) is 4.13. The van der Waals surface area contributed by atoms with Crippen molar-refractivity contribution in [2.75, 3.05) is 13.1 Å². The molecule has 1 aliphatic heterocycles. The van der Waals surface area contributed by atoms with Crippen molar-refractivity contribution >= 4 is 12.3 Å². The van der Waals surface area contributed by atoms with Crippen molar-refractivity contribution in [1.29, 1.82) is 0 Å². The first kappa shape index (κ1) is 9.98. The lowest BCUT2D eigenvalue weighted by Gasteiger charge is -2.39. The van der Waals surface area contributed by atoms with Gasteiger partial charge >= 0.3 is 0 Å². The summed E-state index contributed by atoms with van der Waals surface area (Å²) < 4.78 is 5.39. The number of carbonyl (C=O) groups is 2. The SMILES string of the molecule is CC(C)(OC1CN(C=O)C1)C(N)=O. The lowest BCUT2D eigenvalue weighted by molar-refractivity contribution is -0.163. The number of hydrogen-bond donors (Lipinski definition) is 1. The molecule has 0 aromatic rings. The molecule has 2 N–H and O–H groups in total. The number of ether oxygens (including phenoxy) is 1. The lowest BCUT2D eigenvalue weighted by Crippen LogP contribution is -2.56. The molecule has 5 heteroatoms. The molecule has 1 heterocycles. The van der Waals surface area contributed by atoms with Gasteiger partial charge in [-0.15, -0.1) is 0 Å². The molecule has 1 fully saturated rings. The van der Waals surface area contributed by atoms with Gasteiger partial charge in [-0.1, -0.05) is 0 Å². The molecule has 0 aromatic heterocycles. The van der Waals surface area contributed by atoms with Gasteiger partial charge in [0.25, 0.3) is 0 Å². The predicted octanol–water partition coefficient (Wildman–Crippen LogP) is -0.892. The van der Waals surface area contributed by atoms with E-state index < -0.39 is 11.5 Å². The van der Waals surface area contributed by atoms with Crippen molar-refractivity contribution < 1.29 is 14.3 Å². The van der Waals surface area contributed by atoms with Crippen molar-refractivity contribution in [1.82, 2.24) is 4.90 Å². The van der Waals surface area contributed by atoms with Crippen molar-refractivity contribution in [2.24, 2.45) is 5.73 Å². The molecule has 0 aliphatic carbocycles. The summed E-state index contributed by atoms with van der Waals surface area (Å²) in [7, 11) is 0. The molecule has 0 aromatic carbocycles. The first-order valence-corrected chi connectivity index (χ1v) is 4.13. The van der Waals surface area contributed by atoms with Crippen LogP contribution < -0.4 is 5.73 Å². The number of likely N-dealkylation sites (tertiary alicyclic amines) is 1. The fourth-order valence-electron chi connectivity index (χ4n) is 1.10. The number of hydrogen-bond acceptors (Lipinski definition) is 3. The van der Waals surface area contributed by atoms with E-state index in [0.717, 1.165) is 6.41 Å². The van der Waals surface area contributed by atoms with Gasteiger partial charge in [0.05, 0.1) is 6.10 Å². The second kappa shape index (κ2) is 3.33. The number of primary amides is 1. The third-order valence-electron chi connectivity index (χ3n) is 2.08. The summed E-state index contributed by atoms with van der Waals surface area (Å²) in [6.07, 6.45) is 0.699. The molecule has 2 amide bonds. The fraction of sp³-hybridized carbons (Fsp3) is 0.750. The largest absolute Gasteiger partial charge is 0.367 e. The van der Waals surface area contributed by atoms with Crippen LogP contribution >= 0.6 is 0 Å². The molecule has 0 radical (unpaired) electrons. The minimum absolute atomic E-state index is 0.0623. The number of nitrogens with zero attached hydrogens (tertiary/aromatic N) is 1. The van der Waals surface area contributed by atoms with Crippen LogP contribution in [0.1, 0.15) is 13.8 Å². The standard InChI is InChI=1S/C8H14N2O3/c1-8(2,7(9)12)13-6-3-10(4-6)5-11/h5-6H,3-4H2,1-2H3,(H2,9,12). The highest BCUT2D eigenvalue weighted by Crippen LogP contribution is 2.17. The normalized spacial score (nSPS) is 18.2. The summed E-state index contributed by atoms with van der Waals surface area (Å²) in [6.45, 7) is 4.33. The van der Waals surface area contributed by atoms with E-state index in [4.69, 9.17) is 10.5 Å². The van der Waals surface area contributed by atoms with Gasteiger partial charge < -0.3 is 15.4 Å². The van der Waals surface area contributed by atoms with E-state index >= 15 is 0 Å². The van der Waals surface area contributed by atoms with Gasteiger partial charge in [-0.25, -0.2) is 0 Å². The summed E-state index contributed by atoms with van der Waals surface area (Å²) >= 11 is 0. The molecule has 0 unspecified atom stereocenters. The molecule has 1 rings (SSSR count). The molecular formula is C8H14N2O3. The summed E-state index contributed by atoms with van der Waals surface area (Å²) in [5, 5.41) is 0. The van der Waals surface area contributed by atoms with E-state index in [1.54, 1.807) is 18.7 Å².